The monoisotopic (exact) mass is 355 g/mol. The summed E-state index contributed by atoms with van der Waals surface area (Å²) in [5.74, 6) is 1.24. The van der Waals surface area contributed by atoms with Crippen molar-refractivity contribution < 1.29 is 14.3 Å². The van der Waals surface area contributed by atoms with Crippen molar-refractivity contribution in [3.8, 4) is 11.5 Å². The largest absolute Gasteiger partial charge is 0.490 e. The fourth-order valence-electron chi connectivity index (χ4n) is 2.98. The molecule has 3 rings (SSSR count). The highest BCUT2D eigenvalue weighted by atomic mass is 16.5. The van der Waals surface area contributed by atoms with Gasteiger partial charge in [0, 0.05) is 49.2 Å². The van der Waals surface area contributed by atoms with Crippen molar-refractivity contribution in [2.45, 2.75) is 26.5 Å². The molecular weight excluding hydrogens is 330 g/mol. The summed E-state index contributed by atoms with van der Waals surface area (Å²) in [6.45, 7) is 7.22. The number of amides is 1. The average molecular weight is 355 g/mol. The number of pyridine rings is 1. The number of aromatic nitrogens is 1. The summed E-state index contributed by atoms with van der Waals surface area (Å²) >= 11 is 0. The van der Waals surface area contributed by atoms with Crippen LogP contribution in [0.15, 0.2) is 42.7 Å². The first kappa shape index (κ1) is 18.2. The van der Waals surface area contributed by atoms with Gasteiger partial charge in [-0.3, -0.25) is 9.78 Å². The molecule has 1 atom stereocenters. The highest BCUT2D eigenvalue weighted by Crippen LogP contribution is 2.30. The summed E-state index contributed by atoms with van der Waals surface area (Å²) in [7, 11) is 0. The summed E-state index contributed by atoms with van der Waals surface area (Å²) in [5, 5.41) is 3.30. The van der Waals surface area contributed by atoms with Crippen LogP contribution in [0.4, 0.5) is 0 Å². The quantitative estimate of drug-likeness (QED) is 0.863. The smallest absolute Gasteiger partial charge is 0.254 e. The van der Waals surface area contributed by atoms with Gasteiger partial charge in [-0.2, -0.15) is 0 Å². The van der Waals surface area contributed by atoms with Gasteiger partial charge in [0.1, 0.15) is 6.61 Å². The molecule has 138 valence electrons. The topological polar surface area (TPSA) is 63.7 Å². The second-order valence-electron chi connectivity index (χ2n) is 6.30. The maximum atomic E-state index is 12.9. The number of piperazine rings is 1. The summed E-state index contributed by atoms with van der Waals surface area (Å²) in [6.07, 6.45) is 3.50. The lowest BCUT2D eigenvalue weighted by atomic mass is 10.1. The summed E-state index contributed by atoms with van der Waals surface area (Å²) in [4.78, 5) is 18.8. The van der Waals surface area contributed by atoms with Crippen molar-refractivity contribution in [1.29, 1.82) is 0 Å². The SMILES string of the molecule is CCOc1cc(C(=O)N2CCNC[C@@H]2C)ccc1OCc1cccnc1. The molecule has 0 aliphatic carbocycles. The maximum absolute atomic E-state index is 12.9. The molecule has 1 aliphatic heterocycles. The number of nitrogens with one attached hydrogen (secondary N) is 1. The molecule has 0 radical (unpaired) electrons. The van der Waals surface area contributed by atoms with Crippen molar-refractivity contribution in [3.63, 3.8) is 0 Å². The van der Waals surface area contributed by atoms with Gasteiger partial charge in [-0.15, -0.1) is 0 Å². The summed E-state index contributed by atoms with van der Waals surface area (Å²) in [5.41, 5.74) is 1.60. The molecule has 0 saturated carbocycles. The minimum absolute atomic E-state index is 0.0266. The normalized spacial score (nSPS) is 17.0. The molecular formula is C20H25N3O3. The van der Waals surface area contributed by atoms with Crippen LogP contribution in [-0.4, -0.2) is 48.1 Å². The minimum atomic E-state index is 0.0266. The average Bonchev–Trinajstić information content (AvgIpc) is 2.68. The van der Waals surface area contributed by atoms with E-state index in [0.717, 1.165) is 18.7 Å². The van der Waals surface area contributed by atoms with E-state index in [1.807, 2.05) is 30.0 Å². The first-order chi connectivity index (χ1) is 12.7. The van der Waals surface area contributed by atoms with Gasteiger partial charge < -0.3 is 19.7 Å². The minimum Gasteiger partial charge on any atom is -0.490 e. The van der Waals surface area contributed by atoms with E-state index in [-0.39, 0.29) is 11.9 Å². The van der Waals surface area contributed by atoms with Crippen LogP contribution in [0.2, 0.25) is 0 Å². The van der Waals surface area contributed by atoms with Gasteiger partial charge in [-0.05, 0) is 38.1 Å². The van der Waals surface area contributed by atoms with Crippen molar-refractivity contribution in [3.05, 3.63) is 53.9 Å². The standard InChI is InChI=1S/C20H25N3O3/c1-3-25-19-11-17(20(24)23-10-9-22-12-15(23)2)6-7-18(19)26-14-16-5-4-8-21-13-16/h4-8,11,13,15,22H,3,9-10,12,14H2,1-2H3/t15-/m0/s1. The molecule has 0 bridgehead atoms. The second kappa shape index (κ2) is 8.67. The lowest BCUT2D eigenvalue weighted by Gasteiger charge is -2.34. The molecule has 1 amide bonds. The van der Waals surface area contributed by atoms with Crippen LogP contribution < -0.4 is 14.8 Å². The van der Waals surface area contributed by atoms with Crippen molar-refractivity contribution in [2.75, 3.05) is 26.2 Å². The third-order valence-corrected chi connectivity index (χ3v) is 4.37. The number of hydrogen-bond donors (Lipinski definition) is 1. The van der Waals surface area contributed by atoms with Crippen molar-refractivity contribution in [1.82, 2.24) is 15.2 Å². The number of hydrogen-bond acceptors (Lipinski definition) is 5. The molecule has 1 aromatic carbocycles. The van der Waals surface area contributed by atoms with Gasteiger partial charge in [0.25, 0.3) is 5.91 Å². The number of benzene rings is 1. The Morgan fingerprint density at radius 3 is 2.92 bits per heavy atom. The van der Waals surface area contributed by atoms with E-state index in [1.54, 1.807) is 24.5 Å². The zero-order valence-corrected chi connectivity index (χ0v) is 15.3. The van der Waals surface area contributed by atoms with E-state index in [4.69, 9.17) is 9.47 Å². The maximum Gasteiger partial charge on any atom is 0.254 e. The summed E-state index contributed by atoms with van der Waals surface area (Å²) < 4.78 is 11.6. The number of ether oxygens (including phenoxy) is 2. The van der Waals surface area contributed by atoms with Crippen LogP contribution >= 0.6 is 0 Å². The molecule has 0 spiro atoms. The third kappa shape index (κ3) is 4.32. The highest BCUT2D eigenvalue weighted by molar-refractivity contribution is 5.95. The number of rotatable bonds is 6. The Morgan fingerprint density at radius 1 is 1.31 bits per heavy atom. The highest BCUT2D eigenvalue weighted by Gasteiger charge is 2.24. The number of carbonyl (C=O) groups is 1. The van der Waals surface area contributed by atoms with E-state index in [0.29, 0.717) is 36.8 Å². The van der Waals surface area contributed by atoms with E-state index >= 15 is 0 Å². The molecule has 1 N–H and O–H groups in total. The fourth-order valence-corrected chi connectivity index (χ4v) is 2.98. The Bertz CT molecular complexity index is 736. The third-order valence-electron chi connectivity index (χ3n) is 4.37. The summed E-state index contributed by atoms with van der Waals surface area (Å²) in [6, 6.07) is 9.39. The van der Waals surface area contributed by atoms with Crippen molar-refractivity contribution in [2.24, 2.45) is 0 Å². The van der Waals surface area contributed by atoms with Gasteiger partial charge in [0.2, 0.25) is 0 Å². The van der Waals surface area contributed by atoms with Crippen LogP contribution in [0, 0.1) is 0 Å². The van der Waals surface area contributed by atoms with E-state index in [2.05, 4.69) is 17.2 Å². The molecule has 2 heterocycles. The van der Waals surface area contributed by atoms with Gasteiger partial charge in [0.15, 0.2) is 11.5 Å². The number of carbonyl (C=O) groups excluding carboxylic acids is 1. The van der Waals surface area contributed by atoms with E-state index in [9.17, 15) is 4.79 Å². The first-order valence-corrected chi connectivity index (χ1v) is 8.99. The van der Waals surface area contributed by atoms with Crippen LogP contribution in [0.3, 0.4) is 0 Å². The van der Waals surface area contributed by atoms with Gasteiger partial charge in [-0.1, -0.05) is 6.07 Å². The second-order valence-corrected chi connectivity index (χ2v) is 6.30. The van der Waals surface area contributed by atoms with Crippen LogP contribution in [0.5, 0.6) is 11.5 Å². The van der Waals surface area contributed by atoms with E-state index in [1.165, 1.54) is 0 Å². The number of nitrogens with zero attached hydrogens (tertiary/aromatic N) is 2. The molecule has 6 nitrogen and oxygen atoms in total. The molecule has 1 saturated heterocycles. The van der Waals surface area contributed by atoms with E-state index < -0.39 is 0 Å². The predicted molar refractivity (Wildman–Crippen MR) is 99.5 cm³/mol. The lowest BCUT2D eigenvalue weighted by molar-refractivity contribution is 0.0655. The Labute approximate surface area is 154 Å². The fraction of sp³-hybridized carbons (Fsp3) is 0.400. The molecule has 26 heavy (non-hydrogen) atoms. The van der Waals surface area contributed by atoms with Crippen LogP contribution in [-0.2, 0) is 6.61 Å². The molecule has 0 unspecified atom stereocenters. The van der Waals surface area contributed by atoms with Gasteiger partial charge in [0.05, 0.1) is 6.61 Å². The molecule has 2 aromatic rings. The van der Waals surface area contributed by atoms with Crippen LogP contribution in [0.25, 0.3) is 0 Å². The zero-order valence-electron chi connectivity index (χ0n) is 15.3. The molecule has 1 aliphatic rings. The van der Waals surface area contributed by atoms with Gasteiger partial charge in [-0.25, -0.2) is 0 Å². The molecule has 1 aromatic heterocycles. The Morgan fingerprint density at radius 2 is 2.19 bits per heavy atom. The zero-order chi connectivity index (χ0) is 18.4. The Hall–Kier alpha value is -2.60. The Kier molecular flexibility index (Phi) is 6.07. The molecule has 6 heteroatoms. The van der Waals surface area contributed by atoms with Crippen molar-refractivity contribution >= 4 is 5.91 Å². The predicted octanol–water partition coefficient (Wildman–Crippen LogP) is 2.49. The van der Waals surface area contributed by atoms with Crippen LogP contribution in [0.1, 0.15) is 29.8 Å². The molecule has 1 fully saturated rings. The Balaban J connectivity index is 1.76. The lowest BCUT2D eigenvalue weighted by Crippen LogP contribution is -2.52. The van der Waals surface area contributed by atoms with Gasteiger partial charge >= 0.3 is 0 Å². The first-order valence-electron chi connectivity index (χ1n) is 8.99.